The van der Waals surface area contributed by atoms with Crippen molar-refractivity contribution >= 4 is 11.6 Å². The predicted octanol–water partition coefficient (Wildman–Crippen LogP) is 7.76. The molecular formula is C37H26NO2+. The van der Waals surface area contributed by atoms with Crippen molar-refractivity contribution in [3.05, 3.63) is 180 Å². The van der Waals surface area contributed by atoms with Crippen molar-refractivity contribution in [2.24, 2.45) is 0 Å². The topological polar surface area (TPSA) is 38.0 Å². The molecule has 1 aromatic heterocycles. The molecule has 0 bridgehead atoms. The normalized spacial score (nSPS) is 10.7. The van der Waals surface area contributed by atoms with Crippen molar-refractivity contribution in [1.29, 1.82) is 0 Å². The minimum atomic E-state index is 0.0209. The van der Waals surface area contributed by atoms with Gasteiger partial charge in [-0.05, 0) is 34.4 Å². The molecule has 0 atom stereocenters. The highest BCUT2D eigenvalue weighted by Gasteiger charge is 2.12. The van der Waals surface area contributed by atoms with Crippen LogP contribution < -0.4 is 4.57 Å². The van der Waals surface area contributed by atoms with Crippen LogP contribution in [0.2, 0.25) is 0 Å². The number of aromatic nitrogens is 1. The third kappa shape index (κ3) is 5.27. The van der Waals surface area contributed by atoms with Gasteiger partial charge in [-0.25, -0.2) is 0 Å². The van der Waals surface area contributed by atoms with Crippen LogP contribution >= 0.6 is 0 Å². The molecule has 5 aromatic carbocycles. The number of hydrogen-bond acceptors (Lipinski definition) is 2. The molecule has 0 saturated heterocycles. The molecule has 0 spiro atoms. The van der Waals surface area contributed by atoms with Crippen LogP contribution in [0.5, 0.6) is 0 Å². The molecule has 3 nitrogen and oxygen atoms in total. The monoisotopic (exact) mass is 516 g/mol. The quantitative estimate of drug-likeness (QED) is 0.161. The molecule has 190 valence electrons. The van der Waals surface area contributed by atoms with Crippen molar-refractivity contribution in [2.75, 3.05) is 0 Å². The number of ketones is 2. The Hall–Kier alpha value is -5.41. The summed E-state index contributed by atoms with van der Waals surface area (Å²) < 4.78 is 2.03. The van der Waals surface area contributed by atoms with Gasteiger partial charge in [0.05, 0.1) is 0 Å². The first-order valence-electron chi connectivity index (χ1n) is 13.2. The van der Waals surface area contributed by atoms with Gasteiger partial charge >= 0.3 is 0 Å². The Morgan fingerprint density at radius 1 is 0.350 bits per heavy atom. The second-order valence-electron chi connectivity index (χ2n) is 9.59. The van der Waals surface area contributed by atoms with E-state index in [1.807, 2.05) is 126 Å². The lowest BCUT2D eigenvalue weighted by Crippen LogP contribution is -2.29. The number of nitrogens with zero attached hydrogens (tertiary/aromatic N) is 1. The average molecular weight is 517 g/mol. The molecular weight excluding hydrogens is 490 g/mol. The maximum atomic E-state index is 12.7. The molecule has 0 aliphatic carbocycles. The molecule has 0 radical (unpaired) electrons. The van der Waals surface area contributed by atoms with Crippen LogP contribution in [0, 0.1) is 0 Å². The number of rotatable bonds is 7. The fourth-order valence-corrected chi connectivity index (χ4v) is 4.76. The van der Waals surface area contributed by atoms with E-state index >= 15 is 0 Å². The van der Waals surface area contributed by atoms with Crippen LogP contribution in [0.3, 0.4) is 0 Å². The summed E-state index contributed by atoms with van der Waals surface area (Å²) in [5, 5.41) is 0. The van der Waals surface area contributed by atoms with E-state index in [1.54, 1.807) is 0 Å². The van der Waals surface area contributed by atoms with Crippen LogP contribution in [-0.2, 0) is 0 Å². The van der Waals surface area contributed by atoms with E-state index in [-0.39, 0.29) is 11.6 Å². The number of pyridine rings is 1. The summed E-state index contributed by atoms with van der Waals surface area (Å²) in [4.78, 5) is 25.4. The Kier molecular flexibility index (Phi) is 6.93. The first-order valence-corrected chi connectivity index (χ1v) is 13.2. The third-order valence-corrected chi connectivity index (χ3v) is 7.03. The lowest BCUT2D eigenvalue weighted by molar-refractivity contribution is -0.595. The van der Waals surface area contributed by atoms with Gasteiger partial charge in [-0.2, -0.15) is 4.57 Å². The molecule has 3 heteroatoms. The zero-order valence-electron chi connectivity index (χ0n) is 21.8. The molecule has 6 aromatic rings. The highest BCUT2D eigenvalue weighted by molar-refractivity contribution is 6.09. The summed E-state index contributed by atoms with van der Waals surface area (Å²) in [5.74, 6) is 0.0491. The van der Waals surface area contributed by atoms with Crippen molar-refractivity contribution in [3.8, 4) is 27.9 Å². The van der Waals surface area contributed by atoms with Gasteiger partial charge in [-0.15, -0.1) is 0 Å². The Morgan fingerprint density at radius 3 is 1.10 bits per heavy atom. The van der Waals surface area contributed by atoms with Gasteiger partial charge in [0, 0.05) is 46.5 Å². The maximum Gasteiger partial charge on any atom is 0.210 e. The minimum absolute atomic E-state index is 0.0209. The molecule has 0 N–H and O–H groups in total. The Labute approximate surface area is 233 Å². The summed E-state index contributed by atoms with van der Waals surface area (Å²) in [7, 11) is 0. The van der Waals surface area contributed by atoms with Crippen molar-refractivity contribution in [1.82, 2.24) is 0 Å². The molecule has 0 amide bonds. The van der Waals surface area contributed by atoms with Crippen LogP contribution in [-0.4, -0.2) is 11.6 Å². The molecule has 0 fully saturated rings. The molecule has 0 aliphatic rings. The molecule has 1 heterocycles. The van der Waals surface area contributed by atoms with E-state index < -0.39 is 0 Å². The highest BCUT2D eigenvalue weighted by atomic mass is 16.1. The van der Waals surface area contributed by atoms with Gasteiger partial charge in [0.25, 0.3) is 0 Å². The SMILES string of the molecule is O=C(c1ccccc1)c1ccc(-c2ccc(-c3cc[n+](-c4ccc(C(=O)c5ccccc5)cc4)cc3)cc2)cc1. The third-order valence-electron chi connectivity index (χ3n) is 7.03. The van der Waals surface area contributed by atoms with Gasteiger partial charge in [-0.1, -0.05) is 109 Å². The summed E-state index contributed by atoms with van der Waals surface area (Å²) in [6.45, 7) is 0. The molecule has 40 heavy (non-hydrogen) atoms. The van der Waals surface area contributed by atoms with Gasteiger partial charge in [0.15, 0.2) is 24.0 Å². The van der Waals surface area contributed by atoms with Crippen molar-refractivity contribution in [2.45, 2.75) is 0 Å². The predicted molar refractivity (Wildman–Crippen MR) is 159 cm³/mol. The van der Waals surface area contributed by atoms with E-state index in [2.05, 4.69) is 36.4 Å². The fourth-order valence-electron chi connectivity index (χ4n) is 4.76. The van der Waals surface area contributed by atoms with E-state index in [9.17, 15) is 9.59 Å². The van der Waals surface area contributed by atoms with E-state index in [1.165, 1.54) is 0 Å². The summed E-state index contributed by atoms with van der Waals surface area (Å²) in [6, 6.07) is 46.7. The maximum absolute atomic E-state index is 12.7. The first kappa shape index (κ1) is 24.9. The smallest absolute Gasteiger partial charge is 0.210 e. The standard InChI is InChI=1S/C37H26NO2/c39-36(31-7-3-1-4-8-31)33-17-15-28(16-18-33)27-11-13-29(14-12-27)30-23-25-38(26-24-30)35-21-19-34(20-22-35)37(40)32-9-5-2-6-10-32/h1-26H/q+1. The Bertz CT molecular complexity index is 1620. The Morgan fingerprint density at radius 2 is 0.675 bits per heavy atom. The lowest BCUT2D eigenvalue weighted by atomic mass is 9.98. The zero-order chi connectivity index (χ0) is 27.3. The van der Waals surface area contributed by atoms with Gasteiger partial charge in [0.1, 0.15) is 0 Å². The Balaban J connectivity index is 1.14. The largest absolute Gasteiger partial charge is 0.289 e. The lowest BCUT2D eigenvalue weighted by Gasteiger charge is -2.07. The van der Waals surface area contributed by atoms with Gasteiger partial charge in [-0.3, -0.25) is 9.59 Å². The van der Waals surface area contributed by atoms with Gasteiger partial charge in [0.2, 0.25) is 5.69 Å². The number of carbonyl (C=O) groups excluding carboxylic acids is 2. The molecule has 6 rings (SSSR count). The van der Waals surface area contributed by atoms with Crippen LogP contribution in [0.1, 0.15) is 31.8 Å². The van der Waals surface area contributed by atoms with Crippen LogP contribution in [0.15, 0.2) is 158 Å². The molecule has 0 aliphatic heterocycles. The van der Waals surface area contributed by atoms with Crippen LogP contribution in [0.25, 0.3) is 27.9 Å². The average Bonchev–Trinajstić information content (AvgIpc) is 3.05. The molecule has 0 saturated carbocycles. The second kappa shape index (κ2) is 11.1. The van der Waals surface area contributed by atoms with Crippen molar-refractivity contribution < 1.29 is 14.2 Å². The van der Waals surface area contributed by atoms with Gasteiger partial charge < -0.3 is 0 Å². The highest BCUT2D eigenvalue weighted by Crippen LogP contribution is 2.25. The zero-order valence-corrected chi connectivity index (χ0v) is 21.8. The summed E-state index contributed by atoms with van der Waals surface area (Å²) in [5.41, 5.74) is 8.12. The number of carbonyl (C=O) groups is 2. The number of benzene rings is 5. The minimum Gasteiger partial charge on any atom is -0.289 e. The number of hydrogen-bond donors (Lipinski definition) is 0. The second-order valence-corrected chi connectivity index (χ2v) is 9.59. The first-order chi connectivity index (χ1) is 19.7. The van der Waals surface area contributed by atoms with E-state index in [0.717, 1.165) is 27.9 Å². The molecule has 0 unspecified atom stereocenters. The van der Waals surface area contributed by atoms with E-state index in [0.29, 0.717) is 22.3 Å². The fraction of sp³-hybridized carbons (Fsp3) is 0. The summed E-state index contributed by atoms with van der Waals surface area (Å²) in [6.07, 6.45) is 4.06. The van der Waals surface area contributed by atoms with E-state index in [4.69, 9.17) is 0 Å². The summed E-state index contributed by atoms with van der Waals surface area (Å²) >= 11 is 0. The van der Waals surface area contributed by atoms with Crippen molar-refractivity contribution in [3.63, 3.8) is 0 Å². The van der Waals surface area contributed by atoms with Crippen LogP contribution in [0.4, 0.5) is 0 Å².